The molecule has 2 aromatic carbocycles. The summed E-state index contributed by atoms with van der Waals surface area (Å²) in [5.74, 6) is 0. The summed E-state index contributed by atoms with van der Waals surface area (Å²) >= 11 is 2.17. The molecule has 0 aliphatic carbocycles. The fourth-order valence-corrected chi connectivity index (χ4v) is 6.11. The van der Waals surface area contributed by atoms with E-state index in [-0.39, 0.29) is 0 Å². The van der Waals surface area contributed by atoms with Crippen molar-refractivity contribution >= 4 is 36.4 Å². The number of hydrogen-bond acceptors (Lipinski definition) is 2. The van der Waals surface area contributed by atoms with E-state index >= 15 is 0 Å². The fraction of sp³-hybridized carbons (Fsp3) is 0.111. The minimum absolute atomic E-state index is 0.385. The van der Waals surface area contributed by atoms with Gasteiger partial charge in [-0.3, -0.25) is 0 Å². The van der Waals surface area contributed by atoms with Crippen LogP contribution in [-0.4, -0.2) is 15.0 Å². The molecule has 3 rings (SSSR count). The van der Waals surface area contributed by atoms with Crippen molar-refractivity contribution in [3.05, 3.63) is 82.6 Å². The van der Waals surface area contributed by atoms with Crippen LogP contribution in [-0.2, 0) is 6.42 Å². The molecule has 1 nitrogen and oxygen atoms in total. The van der Waals surface area contributed by atoms with Gasteiger partial charge < -0.3 is 0 Å². The molecule has 2 N–H and O–H groups in total. The molecule has 0 aliphatic rings. The number of benzene rings is 2. The Morgan fingerprint density at radius 1 is 0.905 bits per heavy atom. The number of hydrogen-bond donors (Lipinski definition) is 1. The van der Waals surface area contributed by atoms with Gasteiger partial charge in [0, 0.05) is 0 Å². The van der Waals surface area contributed by atoms with Gasteiger partial charge in [0.15, 0.2) is 0 Å². The third-order valence-corrected chi connectivity index (χ3v) is 7.27. The second kappa shape index (κ2) is 6.95. The number of anilines is 1. The molecule has 3 heteroatoms. The number of rotatable bonds is 5. The van der Waals surface area contributed by atoms with Gasteiger partial charge in [-0.25, -0.2) is 0 Å². The maximum atomic E-state index is 6.17. The van der Waals surface area contributed by atoms with Crippen molar-refractivity contribution in [2.24, 2.45) is 0 Å². The Morgan fingerprint density at radius 3 is 2.19 bits per heavy atom. The Hall–Kier alpha value is -1.54. The average Bonchev–Trinajstić information content (AvgIpc) is 2.95. The third kappa shape index (κ3) is 3.76. The Bertz CT molecular complexity index is 637. The summed E-state index contributed by atoms with van der Waals surface area (Å²) in [6, 6.07) is 23.5. The van der Waals surface area contributed by atoms with Gasteiger partial charge in [-0.05, 0) is 0 Å². The molecule has 0 saturated heterocycles. The average molecular weight is 358 g/mol. The summed E-state index contributed by atoms with van der Waals surface area (Å²) in [7, 11) is 0. The van der Waals surface area contributed by atoms with E-state index in [0.29, 0.717) is 19.8 Å². The summed E-state index contributed by atoms with van der Waals surface area (Å²) in [6.07, 6.45) is 1.06. The van der Waals surface area contributed by atoms with Crippen LogP contribution in [0.5, 0.6) is 0 Å². The first-order valence-electron chi connectivity index (χ1n) is 6.91. The second-order valence-electron chi connectivity index (χ2n) is 4.85. The van der Waals surface area contributed by atoms with Crippen molar-refractivity contribution in [1.29, 1.82) is 0 Å². The Balaban J connectivity index is 1.86. The number of nitrogens with two attached hydrogens (primary N) is 1. The topological polar surface area (TPSA) is 26.0 Å². The molecular formula is C18H17NSSe. The van der Waals surface area contributed by atoms with Gasteiger partial charge in [0.2, 0.25) is 0 Å². The fourth-order valence-electron chi connectivity index (χ4n) is 2.27. The SMILES string of the molecule is Nc1ccsc1C(Cc1ccccc1)[Se]c1ccccc1. The van der Waals surface area contributed by atoms with E-state index in [9.17, 15) is 0 Å². The molecule has 0 saturated carbocycles. The molecular weight excluding hydrogens is 341 g/mol. The zero-order chi connectivity index (χ0) is 14.5. The van der Waals surface area contributed by atoms with Crippen molar-refractivity contribution in [2.75, 3.05) is 5.73 Å². The zero-order valence-corrected chi connectivity index (χ0v) is 14.1. The van der Waals surface area contributed by atoms with Gasteiger partial charge in [0.1, 0.15) is 0 Å². The normalized spacial score (nSPS) is 12.2. The van der Waals surface area contributed by atoms with Crippen molar-refractivity contribution in [2.45, 2.75) is 11.2 Å². The number of nitrogen functional groups attached to an aromatic ring is 1. The first-order chi connectivity index (χ1) is 10.3. The van der Waals surface area contributed by atoms with Gasteiger partial charge >= 0.3 is 136 Å². The molecule has 0 spiro atoms. The van der Waals surface area contributed by atoms with Gasteiger partial charge in [0.25, 0.3) is 0 Å². The molecule has 1 heterocycles. The van der Waals surface area contributed by atoms with Crippen LogP contribution in [0.3, 0.4) is 0 Å². The van der Waals surface area contributed by atoms with E-state index in [2.05, 4.69) is 66.0 Å². The van der Waals surface area contributed by atoms with E-state index < -0.39 is 0 Å². The van der Waals surface area contributed by atoms with Crippen LogP contribution in [0, 0.1) is 0 Å². The molecule has 21 heavy (non-hydrogen) atoms. The van der Waals surface area contributed by atoms with Gasteiger partial charge in [-0.2, -0.15) is 0 Å². The first kappa shape index (κ1) is 14.4. The predicted octanol–water partition coefficient (Wildman–Crippen LogP) is 3.64. The van der Waals surface area contributed by atoms with Crippen molar-refractivity contribution in [1.82, 2.24) is 0 Å². The van der Waals surface area contributed by atoms with E-state index in [1.54, 1.807) is 11.3 Å². The molecule has 3 aromatic rings. The molecule has 0 aliphatic heterocycles. The minimum atomic E-state index is 0.385. The van der Waals surface area contributed by atoms with Crippen LogP contribution in [0.2, 0.25) is 0 Å². The summed E-state index contributed by atoms with van der Waals surface area (Å²) in [5, 5.41) is 2.10. The van der Waals surface area contributed by atoms with Crippen LogP contribution >= 0.6 is 11.3 Å². The standard InChI is InChI=1S/C18H17NSSe/c19-16-11-12-20-18(16)17(13-14-7-3-1-4-8-14)21-15-9-5-2-6-10-15/h1-12,17H,13,19H2. The Kier molecular flexibility index (Phi) is 4.76. The molecule has 1 aromatic heterocycles. The van der Waals surface area contributed by atoms with Crippen LogP contribution < -0.4 is 10.2 Å². The predicted molar refractivity (Wildman–Crippen MR) is 93.4 cm³/mol. The zero-order valence-electron chi connectivity index (χ0n) is 11.6. The molecule has 0 radical (unpaired) electrons. The quantitative estimate of drug-likeness (QED) is 0.693. The molecule has 1 unspecified atom stereocenters. The van der Waals surface area contributed by atoms with E-state index in [1.807, 2.05) is 6.07 Å². The Labute approximate surface area is 136 Å². The van der Waals surface area contributed by atoms with Crippen molar-refractivity contribution in [3.63, 3.8) is 0 Å². The maximum absolute atomic E-state index is 6.17. The van der Waals surface area contributed by atoms with Gasteiger partial charge in [-0.1, -0.05) is 0 Å². The monoisotopic (exact) mass is 359 g/mol. The van der Waals surface area contributed by atoms with Crippen molar-refractivity contribution < 1.29 is 0 Å². The summed E-state index contributed by atoms with van der Waals surface area (Å²) in [5.41, 5.74) is 8.49. The summed E-state index contributed by atoms with van der Waals surface area (Å²) < 4.78 is 1.43. The van der Waals surface area contributed by atoms with Gasteiger partial charge in [0.05, 0.1) is 0 Å². The summed E-state index contributed by atoms with van der Waals surface area (Å²) in [4.78, 5) is 1.84. The van der Waals surface area contributed by atoms with Crippen LogP contribution in [0.25, 0.3) is 0 Å². The van der Waals surface area contributed by atoms with E-state index in [1.165, 1.54) is 14.9 Å². The number of thiophene rings is 1. The van der Waals surface area contributed by atoms with Gasteiger partial charge in [-0.15, -0.1) is 0 Å². The first-order valence-corrected chi connectivity index (χ1v) is 9.64. The van der Waals surface area contributed by atoms with Crippen LogP contribution in [0.1, 0.15) is 15.3 Å². The summed E-state index contributed by atoms with van der Waals surface area (Å²) in [6.45, 7) is 0. The molecule has 0 fully saturated rings. The second-order valence-corrected chi connectivity index (χ2v) is 8.47. The molecule has 0 amide bonds. The van der Waals surface area contributed by atoms with Crippen molar-refractivity contribution in [3.8, 4) is 0 Å². The third-order valence-electron chi connectivity index (χ3n) is 3.31. The van der Waals surface area contributed by atoms with Crippen LogP contribution in [0.15, 0.2) is 72.1 Å². The van der Waals surface area contributed by atoms with E-state index in [4.69, 9.17) is 5.73 Å². The van der Waals surface area contributed by atoms with E-state index in [0.717, 1.165) is 12.1 Å². The molecule has 0 bridgehead atoms. The molecule has 106 valence electrons. The van der Waals surface area contributed by atoms with Crippen LogP contribution in [0.4, 0.5) is 5.69 Å². The Morgan fingerprint density at radius 2 is 1.57 bits per heavy atom. The molecule has 1 atom stereocenters.